The molecule has 0 saturated heterocycles. The van der Waals surface area contributed by atoms with Crippen molar-refractivity contribution >= 4 is 32.9 Å². The average Bonchev–Trinajstić information content (AvgIpc) is 2.73. The predicted molar refractivity (Wildman–Crippen MR) is 108 cm³/mol. The number of methoxy groups -OCH3 is 1. The number of aryl methyl sites for hydroxylation is 1. The molecule has 0 aliphatic heterocycles. The Labute approximate surface area is 201 Å². The maximum atomic E-state index is 11.5. The van der Waals surface area contributed by atoms with Crippen LogP contribution in [0.15, 0.2) is 86.0 Å². The summed E-state index contributed by atoms with van der Waals surface area (Å²) in [5, 5.41) is 27.8. The van der Waals surface area contributed by atoms with Gasteiger partial charge in [0.1, 0.15) is 11.4 Å². The van der Waals surface area contributed by atoms with Gasteiger partial charge in [0, 0.05) is 6.07 Å². The first-order chi connectivity index (χ1) is 14.3. The van der Waals surface area contributed by atoms with Crippen molar-refractivity contribution in [2.45, 2.75) is 11.8 Å². The molecule has 9 nitrogen and oxygen atoms in total. The molecular formula is C20H17N4NaO5S. The van der Waals surface area contributed by atoms with Gasteiger partial charge in [-0.2, -0.15) is 23.8 Å². The first-order valence-electron chi connectivity index (χ1n) is 8.63. The Hall–Kier alpha value is -2.63. The van der Waals surface area contributed by atoms with E-state index in [-0.39, 0.29) is 45.9 Å². The Morgan fingerprint density at radius 1 is 0.871 bits per heavy atom. The van der Waals surface area contributed by atoms with Crippen LogP contribution in [0, 0.1) is 6.92 Å². The summed E-state index contributed by atoms with van der Waals surface area (Å²) in [6.45, 7) is 1.70. The minimum Gasteiger partial charge on any atom is -0.872 e. The van der Waals surface area contributed by atoms with Gasteiger partial charge in [0.25, 0.3) is 10.1 Å². The van der Waals surface area contributed by atoms with Crippen LogP contribution in [-0.2, 0) is 10.1 Å². The molecule has 0 bridgehead atoms. The molecule has 3 aromatic carbocycles. The Morgan fingerprint density at radius 2 is 1.48 bits per heavy atom. The normalized spacial score (nSPS) is 11.6. The monoisotopic (exact) mass is 448 g/mol. The number of rotatable bonds is 6. The van der Waals surface area contributed by atoms with Crippen molar-refractivity contribution in [2.24, 2.45) is 20.5 Å². The van der Waals surface area contributed by atoms with E-state index >= 15 is 0 Å². The Bertz CT molecular complexity index is 1250. The van der Waals surface area contributed by atoms with Crippen molar-refractivity contribution in [2.75, 3.05) is 7.11 Å². The fraction of sp³-hybridized carbons (Fsp3) is 0.100. The van der Waals surface area contributed by atoms with Crippen LogP contribution in [0.4, 0.5) is 22.7 Å². The smallest absolute Gasteiger partial charge is 0.872 e. The Balaban J connectivity index is 0.00000341. The number of nitrogens with zero attached hydrogens (tertiary/aromatic N) is 4. The maximum Gasteiger partial charge on any atom is 1.00 e. The first-order valence-corrected chi connectivity index (χ1v) is 10.1. The number of ether oxygens (including phenoxy) is 1. The fourth-order valence-corrected chi connectivity index (χ4v) is 2.96. The molecule has 0 aliphatic rings. The van der Waals surface area contributed by atoms with Gasteiger partial charge >= 0.3 is 29.6 Å². The van der Waals surface area contributed by atoms with Crippen molar-refractivity contribution < 1.29 is 52.4 Å². The summed E-state index contributed by atoms with van der Waals surface area (Å²) in [6, 6.07) is 15.0. The molecule has 0 aliphatic carbocycles. The third-order valence-corrected chi connectivity index (χ3v) is 4.84. The van der Waals surface area contributed by atoms with E-state index in [1.807, 2.05) is 0 Å². The third-order valence-electron chi connectivity index (χ3n) is 3.99. The van der Waals surface area contributed by atoms with Gasteiger partial charge in [0.05, 0.1) is 29.1 Å². The number of hydrogen-bond acceptors (Lipinski definition) is 8. The summed E-state index contributed by atoms with van der Waals surface area (Å²) in [4.78, 5) is -0.271. The second-order valence-corrected chi connectivity index (χ2v) is 7.60. The van der Waals surface area contributed by atoms with Crippen LogP contribution >= 0.6 is 0 Å². The molecule has 0 heterocycles. The van der Waals surface area contributed by atoms with E-state index in [1.165, 1.54) is 31.4 Å². The van der Waals surface area contributed by atoms with Gasteiger partial charge in [-0.1, -0.05) is 17.7 Å². The maximum absolute atomic E-state index is 11.5. The molecule has 0 saturated carbocycles. The average molecular weight is 448 g/mol. The van der Waals surface area contributed by atoms with Crippen LogP contribution in [0.25, 0.3) is 0 Å². The molecule has 3 aromatic rings. The summed E-state index contributed by atoms with van der Waals surface area (Å²) in [7, 11) is -2.85. The molecule has 1 N–H and O–H groups in total. The second kappa shape index (κ2) is 10.6. The molecule has 154 valence electrons. The standard InChI is InChI=1S/C20H18N4O5S.Na/c1-13-10-15(7-9-19(13)25)23-24-18-8-6-16(12-20(18)29-2)22-21-14-4-3-5-17(11-14)30(26,27)28;/h3-12,25H,1-2H3,(H,26,27,28);/q;+1/p-1. The van der Waals surface area contributed by atoms with Crippen LogP contribution in [0.2, 0.25) is 0 Å². The molecule has 0 unspecified atom stereocenters. The van der Waals surface area contributed by atoms with Crippen LogP contribution < -0.4 is 39.4 Å². The summed E-state index contributed by atoms with van der Waals surface area (Å²) >= 11 is 0. The number of benzene rings is 3. The van der Waals surface area contributed by atoms with E-state index in [1.54, 1.807) is 43.3 Å². The molecule has 0 spiro atoms. The fourth-order valence-electron chi connectivity index (χ4n) is 2.44. The summed E-state index contributed by atoms with van der Waals surface area (Å²) < 4.78 is 36.8. The largest absolute Gasteiger partial charge is 1.00 e. The van der Waals surface area contributed by atoms with Gasteiger partial charge in [-0.25, -0.2) is 0 Å². The molecule has 0 fully saturated rings. The molecule has 3 rings (SSSR count). The van der Waals surface area contributed by atoms with E-state index in [0.717, 1.165) is 0 Å². The van der Waals surface area contributed by atoms with Crippen LogP contribution in [-0.4, -0.2) is 20.1 Å². The van der Waals surface area contributed by atoms with Crippen LogP contribution in [0.3, 0.4) is 0 Å². The van der Waals surface area contributed by atoms with Gasteiger partial charge in [-0.15, -0.1) is 10.9 Å². The molecule has 0 amide bonds. The van der Waals surface area contributed by atoms with E-state index in [0.29, 0.717) is 28.4 Å². The zero-order chi connectivity index (χ0) is 21.7. The van der Waals surface area contributed by atoms with E-state index < -0.39 is 10.1 Å². The van der Waals surface area contributed by atoms with Gasteiger partial charge < -0.3 is 9.84 Å². The second-order valence-electron chi connectivity index (χ2n) is 6.18. The third kappa shape index (κ3) is 6.68. The molecule has 0 aromatic heterocycles. The molecule has 31 heavy (non-hydrogen) atoms. The minimum atomic E-state index is -4.32. The molecule has 0 atom stereocenters. The van der Waals surface area contributed by atoms with Crippen molar-refractivity contribution in [1.82, 2.24) is 0 Å². The zero-order valence-corrected chi connectivity index (χ0v) is 19.9. The van der Waals surface area contributed by atoms with Gasteiger partial charge in [0.15, 0.2) is 0 Å². The Kier molecular flexibility index (Phi) is 8.43. The summed E-state index contributed by atoms with van der Waals surface area (Å²) in [6.07, 6.45) is 0. The van der Waals surface area contributed by atoms with Gasteiger partial charge in [-0.3, -0.25) is 4.55 Å². The van der Waals surface area contributed by atoms with Crippen LogP contribution in [0.1, 0.15) is 5.56 Å². The quantitative estimate of drug-likeness (QED) is 0.350. The van der Waals surface area contributed by atoms with Crippen LogP contribution in [0.5, 0.6) is 11.5 Å². The van der Waals surface area contributed by atoms with Crippen molar-refractivity contribution in [1.29, 1.82) is 0 Å². The SMILES string of the molecule is COc1cc(N=Nc2cccc(S(=O)(=O)O)c2)ccc1N=Nc1ccc([O-])c(C)c1.[Na+]. The van der Waals surface area contributed by atoms with E-state index in [2.05, 4.69) is 20.5 Å². The number of hydrogen-bond donors (Lipinski definition) is 1. The van der Waals surface area contributed by atoms with Crippen molar-refractivity contribution in [3.05, 3.63) is 66.2 Å². The first kappa shape index (κ1) is 24.6. The minimum absolute atomic E-state index is 0. The topological polar surface area (TPSA) is 136 Å². The van der Waals surface area contributed by atoms with E-state index in [9.17, 15) is 13.5 Å². The van der Waals surface area contributed by atoms with Gasteiger partial charge in [0.2, 0.25) is 0 Å². The zero-order valence-electron chi connectivity index (χ0n) is 17.1. The van der Waals surface area contributed by atoms with E-state index in [4.69, 9.17) is 9.29 Å². The molecular weight excluding hydrogens is 431 g/mol. The number of azo groups is 2. The molecule has 11 heteroatoms. The summed E-state index contributed by atoms with van der Waals surface area (Å²) in [5.41, 5.74) is 2.26. The Morgan fingerprint density at radius 3 is 2.13 bits per heavy atom. The van der Waals surface area contributed by atoms with Crippen molar-refractivity contribution in [3.8, 4) is 11.5 Å². The predicted octanol–water partition coefficient (Wildman–Crippen LogP) is 2.16. The summed E-state index contributed by atoms with van der Waals surface area (Å²) in [5.74, 6) is 0.336. The van der Waals surface area contributed by atoms with Gasteiger partial charge in [-0.05, 0) is 49.4 Å². The molecule has 0 radical (unpaired) electrons. The van der Waals surface area contributed by atoms with Crippen molar-refractivity contribution in [3.63, 3.8) is 0 Å².